The Morgan fingerprint density at radius 1 is 1.40 bits per heavy atom. The second-order valence-electron chi connectivity index (χ2n) is 2.89. The summed E-state index contributed by atoms with van der Waals surface area (Å²) in [6.45, 7) is 1.11. The van der Waals surface area contributed by atoms with Crippen LogP contribution in [0.15, 0.2) is 16.6 Å². The summed E-state index contributed by atoms with van der Waals surface area (Å²) in [6.07, 6.45) is 0.761. The SMILES string of the molecule is COCCCOc1c(Cl)cc(F)cc1Br. The molecule has 5 heteroatoms. The number of halogens is 3. The Morgan fingerprint density at radius 3 is 2.73 bits per heavy atom. The van der Waals surface area contributed by atoms with Gasteiger partial charge < -0.3 is 9.47 Å². The van der Waals surface area contributed by atoms with Crippen LogP contribution in [0.4, 0.5) is 4.39 Å². The van der Waals surface area contributed by atoms with Crippen molar-refractivity contribution in [1.29, 1.82) is 0 Å². The fraction of sp³-hybridized carbons (Fsp3) is 0.400. The fourth-order valence-electron chi connectivity index (χ4n) is 1.04. The summed E-state index contributed by atoms with van der Waals surface area (Å²) in [4.78, 5) is 0. The van der Waals surface area contributed by atoms with E-state index in [1.165, 1.54) is 12.1 Å². The molecule has 0 atom stereocenters. The summed E-state index contributed by atoms with van der Waals surface area (Å²) in [5.41, 5.74) is 0. The summed E-state index contributed by atoms with van der Waals surface area (Å²) in [5, 5.41) is 0.263. The molecule has 2 nitrogen and oxygen atoms in total. The maximum absolute atomic E-state index is 12.9. The monoisotopic (exact) mass is 296 g/mol. The summed E-state index contributed by atoms with van der Waals surface area (Å²) in [7, 11) is 1.63. The summed E-state index contributed by atoms with van der Waals surface area (Å²) >= 11 is 9.01. The molecule has 15 heavy (non-hydrogen) atoms. The van der Waals surface area contributed by atoms with E-state index in [0.29, 0.717) is 23.4 Å². The molecule has 0 amide bonds. The van der Waals surface area contributed by atoms with E-state index in [1.54, 1.807) is 7.11 Å². The number of benzene rings is 1. The lowest BCUT2D eigenvalue weighted by Crippen LogP contribution is -2.02. The van der Waals surface area contributed by atoms with Crippen LogP contribution in [-0.4, -0.2) is 20.3 Å². The van der Waals surface area contributed by atoms with E-state index >= 15 is 0 Å². The van der Waals surface area contributed by atoms with E-state index in [2.05, 4.69) is 15.9 Å². The van der Waals surface area contributed by atoms with Crippen LogP contribution in [0.1, 0.15) is 6.42 Å². The van der Waals surface area contributed by atoms with E-state index in [1.807, 2.05) is 0 Å². The lowest BCUT2D eigenvalue weighted by Gasteiger charge is -2.09. The van der Waals surface area contributed by atoms with Crippen molar-refractivity contribution in [3.8, 4) is 5.75 Å². The van der Waals surface area contributed by atoms with Gasteiger partial charge in [-0.05, 0) is 28.1 Å². The first-order valence-electron chi connectivity index (χ1n) is 4.41. The van der Waals surface area contributed by atoms with Gasteiger partial charge in [-0.1, -0.05) is 11.6 Å². The van der Waals surface area contributed by atoms with Crippen molar-refractivity contribution in [3.63, 3.8) is 0 Å². The molecule has 0 aliphatic carbocycles. The second-order valence-corrected chi connectivity index (χ2v) is 4.15. The van der Waals surface area contributed by atoms with Crippen LogP contribution in [0, 0.1) is 5.82 Å². The molecular weight excluding hydrogens is 286 g/mol. The van der Waals surface area contributed by atoms with Crippen molar-refractivity contribution >= 4 is 27.5 Å². The average molecular weight is 298 g/mol. The summed E-state index contributed by atoms with van der Waals surface area (Å²) < 4.78 is 23.7. The highest BCUT2D eigenvalue weighted by molar-refractivity contribution is 9.10. The van der Waals surface area contributed by atoms with Gasteiger partial charge in [0.15, 0.2) is 5.75 Å². The molecule has 0 saturated carbocycles. The smallest absolute Gasteiger partial charge is 0.152 e. The third-order valence-electron chi connectivity index (χ3n) is 1.70. The maximum atomic E-state index is 12.9. The zero-order valence-corrected chi connectivity index (χ0v) is 10.6. The lowest BCUT2D eigenvalue weighted by molar-refractivity contribution is 0.172. The van der Waals surface area contributed by atoms with E-state index < -0.39 is 5.82 Å². The molecule has 0 saturated heterocycles. The van der Waals surface area contributed by atoms with Crippen molar-refractivity contribution < 1.29 is 13.9 Å². The van der Waals surface area contributed by atoms with Gasteiger partial charge in [-0.15, -0.1) is 0 Å². The molecule has 0 N–H and O–H groups in total. The first kappa shape index (κ1) is 12.7. The zero-order chi connectivity index (χ0) is 11.3. The van der Waals surface area contributed by atoms with Crippen LogP contribution in [0.5, 0.6) is 5.75 Å². The average Bonchev–Trinajstić information content (AvgIpc) is 2.15. The Morgan fingerprint density at radius 2 is 2.13 bits per heavy atom. The van der Waals surface area contributed by atoms with E-state index in [-0.39, 0.29) is 5.02 Å². The van der Waals surface area contributed by atoms with E-state index in [4.69, 9.17) is 21.1 Å². The quantitative estimate of drug-likeness (QED) is 0.772. The largest absolute Gasteiger partial charge is 0.491 e. The van der Waals surface area contributed by atoms with Crippen LogP contribution in [-0.2, 0) is 4.74 Å². The maximum Gasteiger partial charge on any atom is 0.152 e. The van der Waals surface area contributed by atoms with Crippen LogP contribution in [0.25, 0.3) is 0 Å². The van der Waals surface area contributed by atoms with Gasteiger partial charge in [-0.25, -0.2) is 4.39 Å². The van der Waals surface area contributed by atoms with Gasteiger partial charge in [0, 0.05) is 20.1 Å². The Bertz CT molecular complexity index is 310. The van der Waals surface area contributed by atoms with Crippen molar-refractivity contribution in [2.75, 3.05) is 20.3 Å². The van der Waals surface area contributed by atoms with Gasteiger partial charge in [0.1, 0.15) is 5.82 Å². The molecule has 0 heterocycles. The second kappa shape index (κ2) is 6.30. The van der Waals surface area contributed by atoms with Crippen LogP contribution < -0.4 is 4.74 Å². The highest BCUT2D eigenvalue weighted by Crippen LogP contribution is 2.33. The Balaban J connectivity index is 2.60. The zero-order valence-electron chi connectivity index (χ0n) is 8.23. The van der Waals surface area contributed by atoms with Gasteiger partial charge in [-0.2, -0.15) is 0 Å². The molecular formula is C10H11BrClFO2. The molecule has 0 unspecified atom stereocenters. The minimum Gasteiger partial charge on any atom is -0.491 e. The fourth-order valence-corrected chi connectivity index (χ4v) is 1.97. The lowest BCUT2D eigenvalue weighted by atomic mass is 10.3. The van der Waals surface area contributed by atoms with Crippen LogP contribution in [0.2, 0.25) is 5.02 Å². The number of hydrogen-bond acceptors (Lipinski definition) is 2. The predicted octanol–water partition coefficient (Wildman–Crippen LogP) is 3.66. The summed E-state index contributed by atoms with van der Waals surface area (Å²) in [5.74, 6) is 0.0743. The molecule has 0 spiro atoms. The molecule has 0 bridgehead atoms. The highest BCUT2D eigenvalue weighted by atomic mass is 79.9. The van der Waals surface area contributed by atoms with Gasteiger partial charge >= 0.3 is 0 Å². The summed E-state index contributed by atoms with van der Waals surface area (Å²) in [6, 6.07) is 2.54. The molecule has 0 aliphatic heterocycles. The van der Waals surface area contributed by atoms with E-state index in [9.17, 15) is 4.39 Å². The molecule has 84 valence electrons. The molecule has 0 fully saturated rings. The number of ether oxygens (including phenoxy) is 2. The van der Waals surface area contributed by atoms with Crippen molar-refractivity contribution in [2.45, 2.75) is 6.42 Å². The topological polar surface area (TPSA) is 18.5 Å². The van der Waals surface area contributed by atoms with Gasteiger partial charge in [0.05, 0.1) is 16.1 Å². The number of hydrogen-bond donors (Lipinski definition) is 0. The minimum absolute atomic E-state index is 0.263. The van der Waals surface area contributed by atoms with Crippen LogP contribution >= 0.6 is 27.5 Å². The molecule has 1 rings (SSSR count). The third kappa shape index (κ3) is 3.97. The molecule has 0 radical (unpaired) electrons. The predicted molar refractivity (Wildman–Crippen MR) is 61.1 cm³/mol. The molecule has 1 aromatic rings. The van der Waals surface area contributed by atoms with Gasteiger partial charge in [-0.3, -0.25) is 0 Å². The molecule has 0 aromatic heterocycles. The molecule has 1 aromatic carbocycles. The Labute approximate surface area is 101 Å². The Hall–Kier alpha value is -0.320. The van der Waals surface area contributed by atoms with Crippen molar-refractivity contribution in [1.82, 2.24) is 0 Å². The number of rotatable bonds is 5. The van der Waals surface area contributed by atoms with Gasteiger partial charge in [0.25, 0.3) is 0 Å². The van der Waals surface area contributed by atoms with Crippen molar-refractivity contribution in [3.05, 3.63) is 27.4 Å². The van der Waals surface area contributed by atoms with Crippen molar-refractivity contribution in [2.24, 2.45) is 0 Å². The third-order valence-corrected chi connectivity index (χ3v) is 2.57. The highest BCUT2D eigenvalue weighted by Gasteiger charge is 2.08. The minimum atomic E-state index is -0.392. The molecule has 0 aliphatic rings. The first-order valence-corrected chi connectivity index (χ1v) is 5.58. The normalized spacial score (nSPS) is 10.4. The first-order chi connectivity index (χ1) is 7.15. The van der Waals surface area contributed by atoms with E-state index in [0.717, 1.165) is 6.42 Å². The van der Waals surface area contributed by atoms with Gasteiger partial charge in [0.2, 0.25) is 0 Å². The van der Waals surface area contributed by atoms with Crippen LogP contribution in [0.3, 0.4) is 0 Å². The Kier molecular flexibility index (Phi) is 5.36. The standard InChI is InChI=1S/C10H11BrClFO2/c1-14-3-2-4-15-10-8(11)5-7(13)6-9(10)12/h5-6H,2-4H2,1H3. The number of methoxy groups -OCH3 is 1.